The van der Waals surface area contributed by atoms with Crippen molar-refractivity contribution in [1.82, 2.24) is 5.32 Å². The van der Waals surface area contributed by atoms with Gasteiger partial charge in [-0.25, -0.2) is 0 Å². The molecule has 1 aromatic rings. The van der Waals surface area contributed by atoms with Gasteiger partial charge in [0.15, 0.2) is 0 Å². The molecule has 104 valence electrons. The molecule has 0 fully saturated rings. The number of carbonyl (C=O) groups excluding carboxylic acids is 1. The van der Waals surface area contributed by atoms with Crippen LogP contribution in [-0.2, 0) is 11.2 Å². The fourth-order valence-electron chi connectivity index (χ4n) is 2.49. The van der Waals surface area contributed by atoms with E-state index in [4.69, 9.17) is 4.42 Å². The van der Waals surface area contributed by atoms with Gasteiger partial charge in [-0.1, -0.05) is 12.2 Å². The van der Waals surface area contributed by atoms with Crippen molar-refractivity contribution in [2.45, 2.75) is 52.0 Å². The highest BCUT2D eigenvalue weighted by Crippen LogP contribution is 2.20. The van der Waals surface area contributed by atoms with Crippen molar-refractivity contribution in [3.05, 3.63) is 35.8 Å². The van der Waals surface area contributed by atoms with E-state index in [1.165, 1.54) is 0 Å². The summed E-state index contributed by atoms with van der Waals surface area (Å²) in [5.41, 5.74) is 0. The molecule has 1 heterocycles. The van der Waals surface area contributed by atoms with E-state index in [9.17, 15) is 4.79 Å². The third-order valence-corrected chi connectivity index (χ3v) is 3.59. The zero-order valence-electron chi connectivity index (χ0n) is 11.8. The van der Waals surface area contributed by atoms with Crippen LogP contribution >= 0.6 is 0 Å². The maximum atomic E-state index is 11.9. The molecule has 0 saturated carbocycles. The van der Waals surface area contributed by atoms with Gasteiger partial charge >= 0.3 is 0 Å². The van der Waals surface area contributed by atoms with Crippen molar-refractivity contribution in [3.8, 4) is 0 Å². The molecule has 0 bridgehead atoms. The summed E-state index contributed by atoms with van der Waals surface area (Å²) in [6.45, 7) is 4.00. The van der Waals surface area contributed by atoms with Crippen molar-refractivity contribution >= 4 is 5.91 Å². The van der Waals surface area contributed by atoms with Crippen LogP contribution in [0.2, 0.25) is 0 Å². The number of carbonyl (C=O) groups is 1. The number of nitrogens with one attached hydrogen (secondary N) is 1. The van der Waals surface area contributed by atoms with Gasteiger partial charge in [-0.15, -0.1) is 0 Å². The van der Waals surface area contributed by atoms with Crippen LogP contribution in [0.25, 0.3) is 0 Å². The monoisotopic (exact) mass is 261 g/mol. The van der Waals surface area contributed by atoms with Crippen molar-refractivity contribution in [2.24, 2.45) is 5.92 Å². The summed E-state index contributed by atoms with van der Waals surface area (Å²) in [7, 11) is 0. The van der Waals surface area contributed by atoms with E-state index in [0.717, 1.165) is 37.2 Å². The Morgan fingerprint density at radius 3 is 3.00 bits per heavy atom. The Hall–Kier alpha value is -1.51. The lowest BCUT2D eigenvalue weighted by atomic mass is 10.0. The van der Waals surface area contributed by atoms with E-state index in [0.29, 0.717) is 12.3 Å². The van der Waals surface area contributed by atoms with Gasteiger partial charge in [0.2, 0.25) is 5.91 Å². The molecule has 3 heteroatoms. The minimum Gasteiger partial charge on any atom is -0.466 e. The second kappa shape index (κ2) is 6.60. The summed E-state index contributed by atoms with van der Waals surface area (Å²) in [6.07, 6.45) is 8.98. The summed E-state index contributed by atoms with van der Waals surface area (Å²) < 4.78 is 5.52. The predicted octanol–water partition coefficient (Wildman–Crippen LogP) is 3.38. The van der Waals surface area contributed by atoms with Crippen molar-refractivity contribution in [2.75, 3.05) is 0 Å². The molecule has 0 unspecified atom stereocenters. The van der Waals surface area contributed by atoms with Gasteiger partial charge in [0.25, 0.3) is 0 Å². The molecule has 0 saturated heterocycles. The molecule has 0 spiro atoms. The molecule has 0 radical (unpaired) electrons. The van der Waals surface area contributed by atoms with Crippen LogP contribution in [0.1, 0.15) is 44.1 Å². The number of hydrogen-bond acceptors (Lipinski definition) is 2. The van der Waals surface area contributed by atoms with Gasteiger partial charge < -0.3 is 9.73 Å². The van der Waals surface area contributed by atoms with Gasteiger partial charge in [0.05, 0.1) is 0 Å². The molecule has 0 aliphatic heterocycles. The third-order valence-electron chi connectivity index (χ3n) is 3.59. The first-order valence-corrected chi connectivity index (χ1v) is 7.15. The number of furan rings is 1. The lowest BCUT2D eigenvalue weighted by Gasteiger charge is -2.14. The molecule has 2 atom stereocenters. The Labute approximate surface area is 115 Å². The predicted molar refractivity (Wildman–Crippen MR) is 75.9 cm³/mol. The Morgan fingerprint density at radius 2 is 2.37 bits per heavy atom. The number of aryl methyl sites for hydroxylation is 2. The topological polar surface area (TPSA) is 42.2 Å². The fourth-order valence-corrected chi connectivity index (χ4v) is 2.49. The Morgan fingerprint density at radius 1 is 1.53 bits per heavy atom. The molecule has 1 aromatic heterocycles. The minimum atomic E-state index is 0.166. The molecule has 2 rings (SSSR count). The van der Waals surface area contributed by atoms with Crippen LogP contribution < -0.4 is 5.32 Å². The Bertz CT molecular complexity index is 447. The van der Waals surface area contributed by atoms with Crippen LogP contribution in [0.15, 0.2) is 28.7 Å². The molecule has 1 aliphatic rings. The van der Waals surface area contributed by atoms with Gasteiger partial charge in [-0.3, -0.25) is 4.79 Å². The standard InChI is InChI=1S/C16H23NO2/c1-12(7-9-15-10-8-13(2)19-15)17-16(18)11-14-5-3-4-6-14/h3,5,8,10,12,14H,4,6-7,9,11H2,1-2H3,(H,17,18)/t12-,14+/m1/s1. The highest BCUT2D eigenvalue weighted by atomic mass is 16.3. The van der Waals surface area contributed by atoms with Gasteiger partial charge in [0.1, 0.15) is 11.5 Å². The second-order valence-corrected chi connectivity index (χ2v) is 5.49. The summed E-state index contributed by atoms with van der Waals surface area (Å²) in [5, 5.41) is 3.07. The average molecular weight is 261 g/mol. The molecular formula is C16H23NO2. The molecule has 19 heavy (non-hydrogen) atoms. The van der Waals surface area contributed by atoms with Gasteiger partial charge in [0, 0.05) is 18.9 Å². The molecule has 0 aromatic carbocycles. The fraction of sp³-hybridized carbons (Fsp3) is 0.562. The van der Waals surface area contributed by atoms with E-state index in [-0.39, 0.29) is 11.9 Å². The van der Waals surface area contributed by atoms with E-state index < -0.39 is 0 Å². The van der Waals surface area contributed by atoms with Crippen molar-refractivity contribution < 1.29 is 9.21 Å². The van der Waals surface area contributed by atoms with E-state index in [1.54, 1.807) is 0 Å². The molecule has 1 N–H and O–H groups in total. The quantitative estimate of drug-likeness (QED) is 0.798. The zero-order chi connectivity index (χ0) is 13.7. The molecule has 1 amide bonds. The molecule has 3 nitrogen and oxygen atoms in total. The maximum absolute atomic E-state index is 11.9. The van der Waals surface area contributed by atoms with Crippen molar-refractivity contribution in [1.29, 1.82) is 0 Å². The van der Waals surface area contributed by atoms with Crippen molar-refractivity contribution in [3.63, 3.8) is 0 Å². The number of rotatable bonds is 6. The second-order valence-electron chi connectivity index (χ2n) is 5.49. The Kier molecular flexibility index (Phi) is 4.83. The van der Waals surface area contributed by atoms with Crippen LogP contribution in [0.3, 0.4) is 0 Å². The third kappa shape index (κ3) is 4.58. The van der Waals surface area contributed by atoms with Crippen LogP contribution in [0.5, 0.6) is 0 Å². The van der Waals surface area contributed by atoms with Crippen LogP contribution in [0, 0.1) is 12.8 Å². The summed E-state index contributed by atoms with van der Waals surface area (Å²) in [6, 6.07) is 4.18. The van der Waals surface area contributed by atoms with E-state index in [2.05, 4.69) is 24.4 Å². The lowest BCUT2D eigenvalue weighted by molar-refractivity contribution is -0.122. The highest BCUT2D eigenvalue weighted by molar-refractivity contribution is 5.76. The highest BCUT2D eigenvalue weighted by Gasteiger charge is 2.15. The lowest BCUT2D eigenvalue weighted by Crippen LogP contribution is -2.33. The van der Waals surface area contributed by atoms with Crippen LogP contribution in [-0.4, -0.2) is 11.9 Å². The first-order chi connectivity index (χ1) is 9.13. The normalized spacial score (nSPS) is 19.6. The first-order valence-electron chi connectivity index (χ1n) is 7.15. The van der Waals surface area contributed by atoms with E-state index >= 15 is 0 Å². The minimum absolute atomic E-state index is 0.166. The largest absolute Gasteiger partial charge is 0.466 e. The zero-order valence-corrected chi connectivity index (χ0v) is 11.8. The number of amides is 1. The summed E-state index contributed by atoms with van der Waals surface area (Å²) in [4.78, 5) is 11.9. The molecule has 1 aliphatic carbocycles. The summed E-state index contributed by atoms with van der Waals surface area (Å²) >= 11 is 0. The average Bonchev–Trinajstić information content (AvgIpc) is 2.98. The maximum Gasteiger partial charge on any atom is 0.220 e. The number of allylic oxidation sites excluding steroid dienone is 2. The SMILES string of the molecule is Cc1ccc(CC[C@@H](C)NC(=O)C[C@H]2C=CCC2)o1. The molecular weight excluding hydrogens is 238 g/mol. The summed E-state index contributed by atoms with van der Waals surface area (Å²) in [5.74, 6) is 2.55. The van der Waals surface area contributed by atoms with Gasteiger partial charge in [-0.05, 0) is 51.2 Å². The van der Waals surface area contributed by atoms with Crippen LogP contribution in [0.4, 0.5) is 0 Å². The Balaban J connectivity index is 1.67. The van der Waals surface area contributed by atoms with E-state index in [1.807, 2.05) is 19.1 Å². The first kappa shape index (κ1) is 13.9. The smallest absolute Gasteiger partial charge is 0.220 e. The number of hydrogen-bond donors (Lipinski definition) is 1. The van der Waals surface area contributed by atoms with Gasteiger partial charge in [-0.2, -0.15) is 0 Å².